The first-order valence-corrected chi connectivity index (χ1v) is 8.71. The number of esters is 1. The number of oxazole rings is 1. The molecule has 0 unspecified atom stereocenters. The van der Waals surface area contributed by atoms with Gasteiger partial charge in [-0.25, -0.2) is 4.98 Å². The molecular formula is C20H17N5O3. The number of nitrogens with zero attached hydrogens (tertiary/aromatic N) is 5. The van der Waals surface area contributed by atoms with Gasteiger partial charge in [0.1, 0.15) is 5.76 Å². The van der Waals surface area contributed by atoms with E-state index in [0.29, 0.717) is 23.2 Å². The van der Waals surface area contributed by atoms with E-state index in [9.17, 15) is 4.79 Å². The maximum absolute atomic E-state index is 12.3. The number of ether oxygens (including phenoxy) is 1. The smallest absolute Gasteiger partial charge is 0.312 e. The zero-order valence-corrected chi connectivity index (χ0v) is 15.1. The summed E-state index contributed by atoms with van der Waals surface area (Å²) < 4.78 is 12.5. The standard InChI is InChI=1S/C20H17N5O3/c1-14-17(21-20(28-14)15-8-4-2-5-9-15)12-19(26)27-13-18-22-23-24-25(18)16-10-6-3-7-11-16/h2-11H,12-13H2,1H3. The minimum Gasteiger partial charge on any atom is -0.457 e. The molecule has 2 heterocycles. The second kappa shape index (κ2) is 7.83. The Morgan fingerprint density at radius 3 is 2.54 bits per heavy atom. The fourth-order valence-electron chi connectivity index (χ4n) is 2.69. The number of carbonyl (C=O) groups is 1. The van der Waals surface area contributed by atoms with Crippen molar-refractivity contribution in [1.82, 2.24) is 25.2 Å². The molecule has 8 nitrogen and oxygen atoms in total. The highest BCUT2D eigenvalue weighted by Gasteiger charge is 2.17. The van der Waals surface area contributed by atoms with Crippen LogP contribution in [0, 0.1) is 6.92 Å². The van der Waals surface area contributed by atoms with Gasteiger partial charge in [0.15, 0.2) is 12.4 Å². The Balaban J connectivity index is 1.41. The molecule has 0 radical (unpaired) electrons. The number of carbonyl (C=O) groups excluding carboxylic acids is 1. The molecule has 0 fully saturated rings. The molecule has 0 atom stereocenters. The largest absolute Gasteiger partial charge is 0.457 e. The van der Waals surface area contributed by atoms with Crippen molar-refractivity contribution in [2.24, 2.45) is 0 Å². The van der Waals surface area contributed by atoms with Gasteiger partial charge in [0.25, 0.3) is 0 Å². The van der Waals surface area contributed by atoms with E-state index in [1.165, 1.54) is 4.68 Å². The molecule has 140 valence electrons. The molecule has 0 spiro atoms. The summed E-state index contributed by atoms with van der Waals surface area (Å²) in [7, 11) is 0. The first kappa shape index (κ1) is 17.6. The van der Waals surface area contributed by atoms with Gasteiger partial charge in [-0.3, -0.25) is 4.79 Å². The summed E-state index contributed by atoms with van der Waals surface area (Å²) in [4.78, 5) is 16.7. The van der Waals surface area contributed by atoms with Crippen LogP contribution in [0.4, 0.5) is 0 Å². The van der Waals surface area contributed by atoms with E-state index in [0.717, 1.165) is 11.3 Å². The molecule has 2 aromatic heterocycles. The predicted molar refractivity (Wildman–Crippen MR) is 99.3 cm³/mol. The summed E-state index contributed by atoms with van der Waals surface area (Å²) in [6.07, 6.45) is 0.00900. The molecule has 0 aliphatic rings. The SMILES string of the molecule is Cc1oc(-c2ccccc2)nc1CC(=O)OCc1nnnn1-c1ccccc1. The third kappa shape index (κ3) is 3.80. The van der Waals surface area contributed by atoms with Crippen LogP contribution in [-0.2, 0) is 22.6 Å². The van der Waals surface area contributed by atoms with Crippen molar-refractivity contribution in [3.05, 3.63) is 77.9 Å². The topological polar surface area (TPSA) is 95.9 Å². The maximum Gasteiger partial charge on any atom is 0.312 e. The van der Waals surface area contributed by atoms with Crippen molar-refractivity contribution >= 4 is 5.97 Å². The third-order valence-corrected chi connectivity index (χ3v) is 4.12. The Kier molecular flexibility index (Phi) is 4.92. The van der Waals surface area contributed by atoms with Gasteiger partial charge in [0, 0.05) is 5.56 Å². The first-order chi connectivity index (χ1) is 13.7. The fraction of sp³-hybridized carbons (Fsp3) is 0.150. The van der Waals surface area contributed by atoms with Gasteiger partial charge >= 0.3 is 5.97 Å². The average Bonchev–Trinajstić information content (AvgIpc) is 3.35. The van der Waals surface area contributed by atoms with Crippen molar-refractivity contribution in [3.63, 3.8) is 0 Å². The van der Waals surface area contributed by atoms with Gasteiger partial charge in [-0.2, -0.15) is 4.68 Å². The number of tetrazole rings is 1. The number of hydrogen-bond donors (Lipinski definition) is 0. The van der Waals surface area contributed by atoms with E-state index in [-0.39, 0.29) is 13.0 Å². The van der Waals surface area contributed by atoms with Crippen molar-refractivity contribution in [3.8, 4) is 17.1 Å². The van der Waals surface area contributed by atoms with Crippen LogP contribution < -0.4 is 0 Å². The summed E-state index contributed by atoms with van der Waals surface area (Å²) in [6, 6.07) is 18.9. The van der Waals surface area contributed by atoms with Crippen LogP contribution in [0.1, 0.15) is 17.3 Å². The fourth-order valence-corrected chi connectivity index (χ4v) is 2.69. The van der Waals surface area contributed by atoms with Crippen LogP contribution in [0.2, 0.25) is 0 Å². The molecule has 2 aromatic carbocycles. The van der Waals surface area contributed by atoms with Crippen molar-refractivity contribution in [1.29, 1.82) is 0 Å². The second-order valence-electron chi connectivity index (χ2n) is 6.07. The van der Waals surface area contributed by atoms with Crippen molar-refractivity contribution < 1.29 is 13.9 Å². The van der Waals surface area contributed by atoms with Gasteiger partial charge in [-0.05, 0) is 41.6 Å². The Hall–Kier alpha value is -3.81. The summed E-state index contributed by atoms with van der Waals surface area (Å²) in [5, 5.41) is 11.5. The number of rotatable bonds is 6. The lowest BCUT2D eigenvalue weighted by Gasteiger charge is -2.05. The monoisotopic (exact) mass is 375 g/mol. The van der Waals surface area contributed by atoms with E-state index < -0.39 is 5.97 Å². The zero-order chi connectivity index (χ0) is 19.3. The Labute approximate surface area is 160 Å². The lowest BCUT2D eigenvalue weighted by Crippen LogP contribution is -2.12. The molecule has 0 aliphatic heterocycles. The van der Waals surface area contributed by atoms with Crippen LogP contribution in [0.5, 0.6) is 0 Å². The third-order valence-electron chi connectivity index (χ3n) is 4.12. The van der Waals surface area contributed by atoms with Crippen LogP contribution in [-0.4, -0.2) is 31.2 Å². The summed E-state index contributed by atoms with van der Waals surface area (Å²) in [5.74, 6) is 1.07. The normalized spacial score (nSPS) is 10.8. The number of hydrogen-bond acceptors (Lipinski definition) is 7. The number of para-hydroxylation sites is 1. The molecule has 0 N–H and O–H groups in total. The highest BCUT2D eigenvalue weighted by molar-refractivity contribution is 5.72. The Bertz CT molecular complexity index is 1070. The number of benzene rings is 2. The molecular weight excluding hydrogens is 358 g/mol. The van der Waals surface area contributed by atoms with E-state index >= 15 is 0 Å². The minimum atomic E-state index is -0.432. The number of aryl methyl sites for hydroxylation is 1. The van der Waals surface area contributed by atoms with Gasteiger partial charge in [0.05, 0.1) is 17.8 Å². The molecule has 0 saturated heterocycles. The summed E-state index contributed by atoms with van der Waals surface area (Å²) in [6.45, 7) is 1.74. The summed E-state index contributed by atoms with van der Waals surface area (Å²) >= 11 is 0. The highest BCUT2D eigenvalue weighted by Crippen LogP contribution is 2.21. The zero-order valence-electron chi connectivity index (χ0n) is 15.1. The van der Waals surface area contributed by atoms with E-state index in [4.69, 9.17) is 9.15 Å². The van der Waals surface area contributed by atoms with Crippen molar-refractivity contribution in [2.45, 2.75) is 20.0 Å². The lowest BCUT2D eigenvalue weighted by atomic mass is 10.2. The molecule has 0 bridgehead atoms. The van der Waals surface area contributed by atoms with Crippen molar-refractivity contribution in [2.75, 3.05) is 0 Å². The number of aromatic nitrogens is 5. The van der Waals surface area contributed by atoms with Crippen LogP contribution in [0.15, 0.2) is 65.1 Å². The quantitative estimate of drug-likeness (QED) is 0.478. The van der Waals surface area contributed by atoms with E-state index in [2.05, 4.69) is 20.5 Å². The Morgan fingerprint density at radius 1 is 1.07 bits per heavy atom. The first-order valence-electron chi connectivity index (χ1n) is 8.71. The van der Waals surface area contributed by atoms with Gasteiger partial charge in [-0.1, -0.05) is 36.4 Å². The van der Waals surface area contributed by atoms with Crippen LogP contribution in [0.3, 0.4) is 0 Å². The van der Waals surface area contributed by atoms with Crippen LogP contribution >= 0.6 is 0 Å². The molecule has 4 aromatic rings. The maximum atomic E-state index is 12.3. The van der Waals surface area contributed by atoms with Gasteiger partial charge < -0.3 is 9.15 Å². The summed E-state index contributed by atoms with van der Waals surface area (Å²) in [5.41, 5.74) is 2.19. The predicted octanol–water partition coefficient (Wildman–Crippen LogP) is 2.91. The highest BCUT2D eigenvalue weighted by atomic mass is 16.5. The Morgan fingerprint density at radius 2 is 1.79 bits per heavy atom. The van der Waals surface area contributed by atoms with Gasteiger partial charge in [-0.15, -0.1) is 5.10 Å². The van der Waals surface area contributed by atoms with Crippen LogP contribution in [0.25, 0.3) is 17.1 Å². The molecule has 4 rings (SSSR count). The minimum absolute atomic E-state index is 0.00900. The van der Waals surface area contributed by atoms with Gasteiger partial charge in [0.2, 0.25) is 5.89 Å². The molecule has 8 heteroatoms. The molecule has 28 heavy (non-hydrogen) atoms. The molecule has 0 amide bonds. The lowest BCUT2D eigenvalue weighted by molar-refractivity contribution is -0.144. The molecule has 0 aliphatic carbocycles. The van der Waals surface area contributed by atoms with E-state index in [1.54, 1.807) is 6.92 Å². The van der Waals surface area contributed by atoms with E-state index in [1.807, 2.05) is 60.7 Å². The second-order valence-corrected chi connectivity index (χ2v) is 6.07. The molecule has 0 saturated carbocycles. The average molecular weight is 375 g/mol.